The van der Waals surface area contributed by atoms with Crippen LogP contribution in [0.15, 0.2) is 60.8 Å². The molecule has 1 fully saturated rings. The Morgan fingerprint density at radius 1 is 1.19 bits per heavy atom. The third-order valence-corrected chi connectivity index (χ3v) is 6.77. The van der Waals surface area contributed by atoms with Crippen LogP contribution < -0.4 is 10.8 Å². The van der Waals surface area contributed by atoms with Gasteiger partial charge in [0.2, 0.25) is 5.91 Å². The van der Waals surface area contributed by atoms with Crippen molar-refractivity contribution < 1.29 is 19.5 Å². The van der Waals surface area contributed by atoms with Crippen LogP contribution in [0.3, 0.4) is 0 Å². The highest BCUT2D eigenvalue weighted by atomic mass is 16.5. The Balaban J connectivity index is 1.45. The molecule has 1 aromatic heterocycles. The number of amides is 2. The summed E-state index contributed by atoms with van der Waals surface area (Å²) in [6.07, 6.45) is 8.53. The lowest BCUT2D eigenvalue weighted by Gasteiger charge is -2.26. The van der Waals surface area contributed by atoms with Gasteiger partial charge >= 0.3 is 0 Å². The van der Waals surface area contributed by atoms with E-state index in [1.54, 1.807) is 11.6 Å². The van der Waals surface area contributed by atoms with Crippen molar-refractivity contribution in [2.75, 3.05) is 19.7 Å². The molecule has 3 aromatic rings. The monoisotopic (exact) mass is 504 g/mol. The van der Waals surface area contributed by atoms with Crippen LogP contribution >= 0.6 is 0 Å². The Kier molecular flexibility index (Phi) is 9.48. The lowest BCUT2D eigenvalue weighted by molar-refractivity contribution is -0.134. The zero-order chi connectivity index (χ0) is 26.0. The molecule has 0 bridgehead atoms. The van der Waals surface area contributed by atoms with Gasteiger partial charge in [0.15, 0.2) is 0 Å². The summed E-state index contributed by atoms with van der Waals surface area (Å²) in [4.78, 5) is 30.1. The molecule has 2 amide bonds. The molecule has 4 N–H and O–H groups in total. The maximum Gasteiger partial charge on any atom is 0.267 e. The summed E-state index contributed by atoms with van der Waals surface area (Å²) in [7, 11) is 0. The number of fused-ring (bicyclic) bond motifs is 1. The number of ether oxygens (including phenoxy) is 1. The third kappa shape index (κ3) is 7.29. The molecule has 4 rings (SSSR count). The summed E-state index contributed by atoms with van der Waals surface area (Å²) in [5, 5.41) is 13.2. The standard InChI is InChI=1S/C29H36N4O4/c1-2-3-16-37-24-17-27(31-19-24)29(35)33(15-14-23-18-30-26-7-5-4-6-25(23)26)20-22-10-8-21(9-11-22)12-13-28(34)32-36/h4-13,18,24,27,30-31,36H,2-3,14-17,19-20H2,1H3,(H,32,34)/b13-12+. The molecule has 196 valence electrons. The number of carbonyl (C=O) groups excluding carboxylic acids is 2. The van der Waals surface area contributed by atoms with Gasteiger partial charge in [-0.05, 0) is 48.1 Å². The first-order chi connectivity index (χ1) is 18.1. The van der Waals surface area contributed by atoms with Crippen molar-refractivity contribution in [3.05, 3.63) is 77.5 Å². The number of aromatic nitrogens is 1. The van der Waals surface area contributed by atoms with Crippen molar-refractivity contribution in [3.63, 3.8) is 0 Å². The Labute approximate surface area is 217 Å². The van der Waals surface area contributed by atoms with E-state index in [9.17, 15) is 9.59 Å². The van der Waals surface area contributed by atoms with Crippen LogP contribution in [0.25, 0.3) is 17.0 Å². The van der Waals surface area contributed by atoms with Gasteiger partial charge in [-0.2, -0.15) is 0 Å². The van der Waals surface area contributed by atoms with E-state index in [1.165, 1.54) is 17.0 Å². The molecule has 1 aliphatic rings. The molecular formula is C29H36N4O4. The summed E-state index contributed by atoms with van der Waals surface area (Å²) in [6.45, 7) is 4.65. The number of nitrogens with one attached hydrogen (secondary N) is 3. The minimum Gasteiger partial charge on any atom is -0.377 e. The number of para-hydroxylation sites is 1. The molecule has 8 heteroatoms. The van der Waals surface area contributed by atoms with E-state index < -0.39 is 5.91 Å². The fourth-order valence-electron chi connectivity index (χ4n) is 4.66. The lowest BCUT2D eigenvalue weighted by atomic mass is 10.1. The highest BCUT2D eigenvalue weighted by Crippen LogP contribution is 2.20. The van der Waals surface area contributed by atoms with Crippen molar-refractivity contribution >= 4 is 28.8 Å². The number of carbonyl (C=O) groups is 2. The number of rotatable bonds is 12. The van der Waals surface area contributed by atoms with Gasteiger partial charge in [-0.3, -0.25) is 14.8 Å². The molecule has 1 aliphatic heterocycles. The van der Waals surface area contributed by atoms with Gasteiger partial charge < -0.3 is 19.9 Å². The summed E-state index contributed by atoms with van der Waals surface area (Å²) >= 11 is 0. The number of hydroxylamine groups is 1. The van der Waals surface area contributed by atoms with Gasteiger partial charge in [0, 0.05) is 49.4 Å². The van der Waals surface area contributed by atoms with Crippen molar-refractivity contribution in [3.8, 4) is 0 Å². The maximum absolute atomic E-state index is 13.6. The molecule has 2 atom stereocenters. The molecular weight excluding hydrogens is 468 g/mol. The zero-order valence-electron chi connectivity index (χ0n) is 21.3. The second kappa shape index (κ2) is 13.2. The van der Waals surface area contributed by atoms with E-state index in [0.717, 1.165) is 42.5 Å². The number of nitrogens with zero attached hydrogens (tertiary/aromatic N) is 1. The SMILES string of the molecule is CCCCOC1CNC(C(=O)N(CCc2c[nH]c3ccccc23)Cc2ccc(/C=C/C(=O)NO)cc2)C1. The second-order valence-corrected chi connectivity index (χ2v) is 9.46. The van der Waals surface area contributed by atoms with E-state index in [0.29, 0.717) is 26.1 Å². The number of unbranched alkanes of at least 4 members (excludes halogenated alkanes) is 1. The minimum atomic E-state index is -0.584. The molecule has 0 saturated carbocycles. The Morgan fingerprint density at radius 2 is 2.00 bits per heavy atom. The molecule has 8 nitrogen and oxygen atoms in total. The van der Waals surface area contributed by atoms with Gasteiger partial charge in [0.1, 0.15) is 0 Å². The summed E-state index contributed by atoms with van der Waals surface area (Å²) < 4.78 is 5.96. The normalized spacial score (nSPS) is 17.5. The molecule has 0 aliphatic carbocycles. The summed E-state index contributed by atoms with van der Waals surface area (Å²) in [5.41, 5.74) is 5.70. The third-order valence-electron chi connectivity index (χ3n) is 6.77. The van der Waals surface area contributed by atoms with Crippen LogP contribution in [0, 0.1) is 0 Å². The van der Waals surface area contributed by atoms with Gasteiger partial charge in [-0.15, -0.1) is 0 Å². The predicted octanol–water partition coefficient (Wildman–Crippen LogP) is 3.81. The zero-order valence-corrected chi connectivity index (χ0v) is 21.3. The van der Waals surface area contributed by atoms with Gasteiger partial charge in [-0.25, -0.2) is 5.48 Å². The summed E-state index contributed by atoms with van der Waals surface area (Å²) in [5.74, 6) is -0.496. The van der Waals surface area contributed by atoms with Gasteiger partial charge in [0.25, 0.3) is 5.91 Å². The fourth-order valence-corrected chi connectivity index (χ4v) is 4.66. The predicted molar refractivity (Wildman–Crippen MR) is 144 cm³/mol. The number of H-pyrrole nitrogens is 1. The van der Waals surface area contributed by atoms with E-state index in [4.69, 9.17) is 9.94 Å². The molecule has 37 heavy (non-hydrogen) atoms. The second-order valence-electron chi connectivity index (χ2n) is 9.46. The van der Waals surface area contributed by atoms with Crippen LogP contribution in [0.2, 0.25) is 0 Å². The first kappa shape index (κ1) is 26.6. The quantitative estimate of drug-likeness (QED) is 0.130. The molecule has 0 radical (unpaired) electrons. The number of benzene rings is 2. The van der Waals surface area contributed by atoms with E-state index in [2.05, 4.69) is 29.4 Å². The van der Waals surface area contributed by atoms with Crippen LogP contribution in [-0.4, -0.2) is 58.7 Å². The Hall–Kier alpha value is -3.46. The van der Waals surface area contributed by atoms with Crippen molar-refractivity contribution in [2.45, 2.75) is 51.3 Å². The smallest absolute Gasteiger partial charge is 0.267 e. The summed E-state index contributed by atoms with van der Waals surface area (Å²) in [6, 6.07) is 15.7. The van der Waals surface area contributed by atoms with Gasteiger partial charge in [-0.1, -0.05) is 55.8 Å². The topological polar surface area (TPSA) is 107 Å². The Bertz CT molecular complexity index is 1200. The first-order valence-electron chi connectivity index (χ1n) is 13.0. The van der Waals surface area contributed by atoms with Crippen LogP contribution in [0.1, 0.15) is 42.9 Å². The molecule has 2 unspecified atom stereocenters. The highest BCUT2D eigenvalue weighted by molar-refractivity contribution is 5.90. The van der Waals surface area contributed by atoms with E-state index in [-0.39, 0.29) is 18.1 Å². The largest absolute Gasteiger partial charge is 0.377 e. The van der Waals surface area contributed by atoms with Crippen molar-refractivity contribution in [2.24, 2.45) is 0 Å². The molecule has 2 aromatic carbocycles. The average molecular weight is 505 g/mol. The highest BCUT2D eigenvalue weighted by Gasteiger charge is 2.32. The maximum atomic E-state index is 13.6. The van der Waals surface area contributed by atoms with Crippen LogP contribution in [-0.2, 0) is 27.3 Å². The molecule has 0 spiro atoms. The molecule has 2 heterocycles. The average Bonchev–Trinajstić information content (AvgIpc) is 3.57. The number of hydrogen-bond acceptors (Lipinski definition) is 5. The van der Waals surface area contributed by atoms with Crippen molar-refractivity contribution in [1.82, 2.24) is 20.7 Å². The number of aromatic amines is 1. The van der Waals surface area contributed by atoms with E-state index in [1.807, 2.05) is 47.5 Å². The first-order valence-corrected chi connectivity index (χ1v) is 13.0. The van der Waals surface area contributed by atoms with Crippen LogP contribution in [0.5, 0.6) is 0 Å². The van der Waals surface area contributed by atoms with Gasteiger partial charge in [0.05, 0.1) is 12.1 Å². The van der Waals surface area contributed by atoms with Crippen LogP contribution in [0.4, 0.5) is 0 Å². The van der Waals surface area contributed by atoms with E-state index >= 15 is 0 Å². The Morgan fingerprint density at radius 3 is 2.78 bits per heavy atom. The molecule has 1 saturated heterocycles. The van der Waals surface area contributed by atoms with Crippen molar-refractivity contribution in [1.29, 1.82) is 0 Å². The fraction of sp³-hybridized carbons (Fsp3) is 0.379. The lowest BCUT2D eigenvalue weighted by Crippen LogP contribution is -2.44. The number of hydrogen-bond donors (Lipinski definition) is 4. The minimum absolute atomic E-state index is 0.0677.